The number of halogens is 4. The second kappa shape index (κ2) is 9.09. The molecule has 5 nitrogen and oxygen atoms in total. The van der Waals surface area contributed by atoms with Crippen LogP contribution in [-0.2, 0) is 4.79 Å². The van der Waals surface area contributed by atoms with Gasteiger partial charge in [-0.25, -0.2) is 0 Å². The van der Waals surface area contributed by atoms with Gasteiger partial charge in [-0.2, -0.15) is 13.2 Å². The molecule has 2 aromatic carbocycles. The molecule has 1 amide bonds. The summed E-state index contributed by atoms with van der Waals surface area (Å²) in [5, 5.41) is 10.5. The lowest BCUT2D eigenvalue weighted by molar-refractivity contribution is -0.137. The van der Waals surface area contributed by atoms with E-state index < -0.39 is 23.9 Å². The molecule has 1 heterocycles. The highest BCUT2D eigenvalue weighted by Gasteiger charge is 2.29. The van der Waals surface area contributed by atoms with Gasteiger partial charge in [0.2, 0.25) is 5.91 Å². The van der Waals surface area contributed by atoms with Crippen LogP contribution in [0.2, 0.25) is 5.02 Å². The summed E-state index contributed by atoms with van der Waals surface area (Å²) in [6.07, 6.45) is -4.47. The fourth-order valence-corrected chi connectivity index (χ4v) is 3.62. The predicted molar refractivity (Wildman–Crippen MR) is 111 cm³/mol. The number of carbonyl (C=O) groups is 1. The third-order valence-corrected chi connectivity index (χ3v) is 5.44. The number of nitrogens with zero attached hydrogens (tertiary/aromatic N) is 3. The molecule has 1 aromatic heterocycles. The van der Waals surface area contributed by atoms with Gasteiger partial charge in [-0.1, -0.05) is 41.1 Å². The lowest BCUT2D eigenvalue weighted by Crippen LogP contribution is -2.38. The Labute approximate surface area is 180 Å². The molecule has 0 spiro atoms. The molecule has 30 heavy (non-hydrogen) atoms. The van der Waals surface area contributed by atoms with E-state index in [9.17, 15) is 18.0 Å². The number of rotatable bonds is 6. The molecule has 10 heteroatoms. The smallest absolute Gasteiger partial charge is 0.346 e. The molecule has 3 aromatic rings. The van der Waals surface area contributed by atoms with Gasteiger partial charge < -0.3 is 5.32 Å². The second-order valence-electron chi connectivity index (χ2n) is 6.58. The number of thioether (sulfide) groups is 1. The van der Waals surface area contributed by atoms with Crippen LogP contribution in [0.25, 0.3) is 17.1 Å². The number of nitrogens with one attached hydrogen (secondary N) is 1. The molecule has 158 valence electrons. The lowest BCUT2D eigenvalue weighted by Gasteiger charge is -2.15. The Morgan fingerprint density at radius 3 is 2.37 bits per heavy atom. The van der Waals surface area contributed by atoms with Crippen molar-refractivity contribution in [3.05, 3.63) is 59.1 Å². The molecule has 0 bridgehead atoms. The van der Waals surface area contributed by atoms with E-state index in [-0.39, 0.29) is 0 Å². The zero-order valence-corrected chi connectivity index (χ0v) is 17.6. The molecule has 3 rings (SSSR count). The molecule has 1 unspecified atom stereocenters. The summed E-state index contributed by atoms with van der Waals surface area (Å²) in [4.78, 5) is 12.1. The van der Waals surface area contributed by atoms with Gasteiger partial charge in [0.1, 0.15) is 6.54 Å². The van der Waals surface area contributed by atoms with Crippen LogP contribution in [0.3, 0.4) is 0 Å². The van der Waals surface area contributed by atoms with Gasteiger partial charge in [-0.3, -0.25) is 9.36 Å². The van der Waals surface area contributed by atoms with Gasteiger partial charge in [0.15, 0.2) is 11.0 Å². The van der Waals surface area contributed by atoms with Crippen LogP contribution in [0.15, 0.2) is 53.7 Å². The minimum atomic E-state index is -4.47. The van der Waals surface area contributed by atoms with Gasteiger partial charge >= 0.3 is 6.18 Å². The molecule has 0 aliphatic rings. The zero-order valence-electron chi connectivity index (χ0n) is 16.1. The van der Waals surface area contributed by atoms with Crippen molar-refractivity contribution < 1.29 is 18.0 Å². The highest BCUT2D eigenvalue weighted by molar-refractivity contribution is 8.00. The van der Waals surface area contributed by atoms with Crippen molar-refractivity contribution in [2.24, 2.45) is 0 Å². The van der Waals surface area contributed by atoms with Crippen LogP contribution >= 0.6 is 23.4 Å². The quantitative estimate of drug-likeness (QED) is 0.529. The van der Waals surface area contributed by atoms with Gasteiger partial charge in [0, 0.05) is 16.3 Å². The van der Waals surface area contributed by atoms with Crippen molar-refractivity contribution in [1.82, 2.24) is 20.1 Å². The van der Waals surface area contributed by atoms with Crippen LogP contribution in [0.4, 0.5) is 13.2 Å². The standard InChI is InChI=1S/C20H18ClF3N4OS/c1-12-3-9-16(10-4-12)28-17(14-5-7-15(21)8-6-14)26-27-19(28)30-13(2)18(29)25-11-20(22,23)24/h3-10,13H,11H2,1-2H3,(H,25,29). The van der Waals surface area contributed by atoms with Crippen molar-refractivity contribution in [3.8, 4) is 17.1 Å². The van der Waals surface area contributed by atoms with E-state index >= 15 is 0 Å². The lowest BCUT2D eigenvalue weighted by atomic mass is 10.2. The molecule has 0 radical (unpaired) electrons. The first-order chi connectivity index (χ1) is 14.1. The van der Waals surface area contributed by atoms with Crippen LogP contribution in [0.5, 0.6) is 0 Å². The van der Waals surface area contributed by atoms with Crippen LogP contribution in [-0.4, -0.2) is 38.6 Å². The molecule has 1 N–H and O–H groups in total. The topological polar surface area (TPSA) is 59.8 Å². The Bertz CT molecular complexity index is 1020. The number of benzene rings is 2. The molecule has 0 aliphatic heterocycles. The number of hydrogen-bond donors (Lipinski definition) is 1. The molecule has 0 saturated carbocycles. The van der Waals surface area contributed by atoms with E-state index in [4.69, 9.17) is 11.6 Å². The van der Waals surface area contributed by atoms with Crippen molar-refractivity contribution in [3.63, 3.8) is 0 Å². The molecule has 0 fully saturated rings. The fraction of sp³-hybridized carbons (Fsp3) is 0.250. The average molecular weight is 455 g/mol. The maximum atomic E-state index is 12.4. The number of aryl methyl sites for hydroxylation is 1. The molecule has 1 atom stereocenters. The Balaban J connectivity index is 1.93. The van der Waals surface area contributed by atoms with Crippen LogP contribution in [0.1, 0.15) is 12.5 Å². The number of aromatic nitrogens is 3. The first-order valence-electron chi connectivity index (χ1n) is 8.93. The van der Waals surface area contributed by atoms with Gasteiger partial charge in [-0.05, 0) is 50.2 Å². The minimum absolute atomic E-state index is 0.387. The third-order valence-electron chi connectivity index (χ3n) is 4.14. The van der Waals surface area contributed by atoms with Crippen LogP contribution in [0, 0.1) is 6.92 Å². The summed E-state index contributed by atoms with van der Waals surface area (Å²) >= 11 is 7.00. The monoisotopic (exact) mass is 454 g/mol. The summed E-state index contributed by atoms with van der Waals surface area (Å²) in [7, 11) is 0. The van der Waals surface area contributed by atoms with Gasteiger partial charge in [-0.15, -0.1) is 10.2 Å². The first-order valence-corrected chi connectivity index (χ1v) is 10.2. The van der Waals surface area contributed by atoms with E-state index in [1.807, 2.05) is 36.5 Å². The third kappa shape index (κ3) is 5.54. The number of alkyl halides is 3. The average Bonchev–Trinajstić information content (AvgIpc) is 3.10. The number of hydrogen-bond acceptors (Lipinski definition) is 4. The SMILES string of the molecule is Cc1ccc(-n2c(SC(C)C(=O)NCC(F)(F)F)nnc2-c2ccc(Cl)cc2)cc1. The highest BCUT2D eigenvalue weighted by atomic mass is 35.5. The first kappa shape index (κ1) is 22.2. The van der Waals surface area contributed by atoms with Crippen molar-refractivity contribution >= 4 is 29.3 Å². The molecular formula is C20H18ClF3N4OS. The largest absolute Gasteiger partial charge is 0.405 e. The van der Waals surface area contributed by atoms with Gasteiger partial charge in [0.05, 0.1) is 5.25 Å². The normalized spacial score (nSPS) is 12.6. The Morgan fingerprint density at radius 1 is 1.13 bits per heavy atom. The predicted octanol–water partition coefficient (Wildman–Crippen LogP) is 5.06. The maximum Gasteiger partial charge on any atom is 0.405 e. The van der Waals surface area contributed by atoms with Crippen molar-refractivity contribution in [2.45, 2.75) is 30.4 Å². The summed E-state index contributed by atoms with van der Waals surface area (Å²) in [6.45, 7) is 2.10. The van der Waals surface area contributed by atoms with Gasteiger partial charge in [0.25, 0.3) is 0 Å². The Hall–Kier alpha value is -2.52. The number of amides is 1. The summed E-state index contributed by atoms with van der Waals surface area (Å²) in [6, 6.07) is 14.7. The van der Waals surface area contributed by atoms with E-state index in [0.717, 1.165) is 28.6 Å². The van der Waals surface area contributed by atoms with Crippen LogP contribution < -0.4 is 5.32 Å². The van der Waals surface area contributed by atoms with E-state index in [2.05, 4.69) is 10.2 Å². The molecule has 0 aliphatic carbocycles. The zero-order chi connectivity index (χ0) is 21.9. The van der Waals surface area contributed by atoms with E-state index in [0.29, 0.717) is 16.0 Å². The summed E-state index contributed by atoms with van der Waals surface area (Å²) in [5.41, 5.74) is 2.59. The highest BCUT2D eigenvalue weighted by Crippen LogP contribution is 2.31. The fourth-order valence-electron chi connectivity index (χ4n) is 2.60. The van der Waals surface area contributed by atoms with E-state index in [1.165, 1.54) is 6.92 Å². The maximum absolute atomic E-state index is 12.4. The van der Waals surface area contributed by atoms with E-state index in [1.54, 1.807) is 28.8 Å². The van der Waals surface area contributed by atoms with Crippen molar-refractivity contribution in [1.29, 1.82) is 0 Å². The Morgan fingerprint density at radius 2 is 1.77 bits per heavy atom. The minimum Gasteiger partial charge on any atom is -0.346 e. The summed E-state index contributed by atoms with van der Waals surface area (Å²) in [5.74, 6) is -0.204. The number of carbonyl (C=O) groups excluding carboxylic acids is 1. The Kier molecular flexibility index (Phi) is 6.72. The summed E-state index contributed by atoms with van der Waals surface area (Å²) < 4.78 is 38.9. The molecular weight excluding hydrogens is 437 g/mol. The molecule has 0 saturated heterocycles. The second-order valence-corrected chi connectivity index (χ2v) is 8.32. The van der Waals surface area contributed by atoms with Crippen molar-refractivity contribution in [2.75, 3.05) is 6.54 Å².